The fourth-order valence-electron chi connectivity index (χ4n) is 2.08. The minimum atomic E-state index is -0.798. The number of amides is 1. The Kier molecular flexibility index (Phi) is 4.13. The topological polar surface area (TPSA) is 71.9 Å². The van der Waals surface area contributed by atoms with Crippen molar-refractivity contribution in [3.63, 3.8) is 0 Å². The number of benzene rings is 1. The maximum atomic E-state index is 13.4. The molecule has 1 aromatic carbocycles. The minimum absolute atomic E-state index is 0.0547. The predicted octanol–water partition coefficient (Wildman–Crippen LogP) is 2.62. The van der Waals surface area contributed by atoms with Crippen molar-refractivity contribution in [3.8, 4) is 11.6 Å². The molecule has 1 N–H and O–H groups in total. The highest BCUT2D eigenvalue weighted by molar-refractivity contribution is 7.80. The van der Waals surface area contributed by atoms with Gasteiger partial charge in [-0.15, -0.1) is 0 Å². The van der Waals surface area contributed by atoms with Crippen LogP contribution in [-0.4, -0.2) is 28.3 Å². The van der Waals surface area contributed by atoms with E-state index in [1.807, 2.05) is 0 Å². The molecule has 0 unspecified atom stereocenters. The molecule has 1 aliphatic rings. The number of carbonyl (C=O) groups is 1. The van der Waals surface area contributed by atoms with E-state index in [9.17, 15) is 14.3 Å². The van der Waals surface area contributed by atoms with Crippen LogP contribution in [0.5, 0.6) is 11.6 Å². The average molecular weight is 346 g/mol. The van der Waals surface area contributed by atoms with Gasteiger partial charge in [0.2, 0.25) is 5.88 Å². The second kappa shape index (κ2) is 6.25. The summed E-state index contributed by atoms with van der Waals surface area (Å²) in [7, 11) is 1.48. The molecule has 1 aromatic heterocycles. The monoisotopic (exact) mass is 346 g/mol. The molecule has 6 nitrogen and oxygen atoms in total. The molecule has 1 amide bonds. The molecule has 8 heteroatoms. The Balaban J connectivity index is 1.90. The molecule has 1 saturated heterocycles. The molecule has 0 spiro atoms. The Morgan fingerprint density at radius 3 is 2.79 bits per heavy atom. The van der Waals surface area contributed by atoms with Crippen LogP contribution >= 0.6 is 12.2 Å². The number of hydrogen-bond acceptors (Lipinski definition) is 6. The lowest BCUT2D eigenvalue weighted by molar-refractivity contribution is -0.114. The molecule has 1 aliphatic heterocycles. The first kappa shape index (κ1) is 15.9. The zero-order valence-corrected chi connectivity index (χ0v) is 13.2. The van der Waals surface area contributed by atoms with Crippen LogP contribution in [0.4, 0.5) is 10.1 Å². The highest BCUT2D eigenvalue weighted by atomic mass is 32.1. The summed E-state index contributed by atoms with van der Waals surface area (Å²) in [5, 5.41) is 9.13. The smallest absolute Gasteiger partial charge is 0.301 e. The number of ether oxygens (including phenoxy) is 2. The standard InChI is InChI=1S/C16H11FN2O4S/c1-22-14-5-3-10(8-18-14)19-15(21)13(23-16(19)24)7-9-2-4-12(20)11(17)6-9/h2-8,20H,1H3/b13-7+. The molecule has 0 bridgehead atoms. The van der Waals surface area contributed by atoms with Crippen LogP contribution in [-0.2, 0) is 9.53 Å². The van der Waals surface area contributed by atoms with E-state index in [0.29, 0.717) is 17.1 Å². The third-order valence-electron chi connectivity index (χ3n) is 3.25. The summed E-state index contributed by atoms with van der Waals surface area (Å²) < 4.78 is 23.6. The van der Waals surface area contributed by atoms with Crippen LogP contribution in [0.2, 0.25) is 0 Å². The lowest BCUT2D eigenvalue weighted by atomic mass is 10.2. The molecule has 0 atom stereocenters. The summed E-state index contributed by atoms with van der Waals surface area (Å²) in [6.45, 7) is 0. The van der Waals surface area contributed by atoms with Gasteiger partial charge < -0.3 is 14.6 Å². The molecule has 3 rings (SSSR count). The number of hydrogen-bond donors (Lipinski definition) is 1. The van der Waals surface area contributed by atoms with E-state index in [2.05, 4.69) is 4.98 Å². The quantitative estimate of drug-likeness (QED) is 0.680. The SMILES string of the molecule is COc1ccc(N2C(=O)/C(=C\c3ccc(O)c(F)c3)OC2=S)cn1. The molecule has 1 fully saturated rings. The summed E-state index contributed by atoms with van der Waals surface area (Å²) in [4.78, 5) is 17.7. The number of anilines is 1. The van der Waals surface area contributed by atoms with Crippen molar-refractivity contribution in [2.24, 2.45) is 0 Å². The van der Waals surface area contributed by atoms with Gasteiger partial charge in [0.1, 0.15) is 0 Å². The Labute approximate surface area is 141 Å². The molecule has 122 valence electrons. The summed E-state index contributed by atoms with van der Waals surface area (Å²) in [5.41, 5.74) is 0.775. The van der Waals surface area contributed by atoms with Gasteiger partial charge >= 0.3 is 5.91 Å². The number of carbonyl (C=O) groups excluding carboxylic acids is 1. The van der Waals surface area contributed by atoms with Crippen molar-refractivity contribution in [3.05, 3.63) is 53.7 Å². The molecular formula is C16H11FN2O4S. The summed E-state index contributed by atoms with van der Waals surface area (Å²) >= 11 is 5.07. The zero-order valence-electron chi connectivity index (χ0n) is 12.4. The molecule has 24 heavy (non-hydrogen) atoms. The second-order valence-electron chi connectivity index (χ2n) is 4.79. The molecule has 0 saturated carbocycles. The second-order valence-corrected chi connectivity index (χ2v) is 5.14. The van der Waals surface area contributed by atoms with Crippen molar-refractivity contribution >= 4 is 35.1 Å². The van der Waals surface area contributed by atoms with Gasteiger partial charge in [-0.1, -0.05) is 6.07 Å². The van der Waals surface area contributed by atoms with Gasteiger partial charge in [-0.05, 0) is 42.1 Å². The minimum Gasteiger partial charge on any atom is -0.505 e. The fraction of sp³-hybridized carbons (Fsp3) is 0.0625. The van der Waals surface area contributed by atoms with Crippen LogP contribution in [0.3, 0.4) is 0 Å². The van der Waals surface area contributed by atoms with Crippen molar-refractivity contribution in [1.82, 2.24) is 4.98 Å². The van der Waals surface area contributed by atoms with Crippen LogP contribution < -0.4 is 9.64 Å². The number of methoxy groups -OCH3 is 1. The van der Waals surface area contributed by atoms with Gasteiger partial charge in [0.25, 0.3) is 5.17 Å². The maximum Gasteiger partial charge on any atom is 0.301 e. The molecule has 0 aliphatic carbocycles. The van der Waals surface area contributed by atoms with E-state index in [1.165, 1.54) is 36.4 Å². The summed E-state index contributed by atoms with van der Waals surface area (Å²) in [6.07, 6.45) is 2.77. The van der Waals surface area contributed by atoms with Crippen LogP contribution in [0.1, 0.15) is 5.56 Å². The number of phenols is 1. The average Bonchev–Trinajstić information content (AvgIpc) is 2.85. The number of rotatable bonds is 3. The number of nitrogens with zero attached hydrogens (tertiary/aromatic N) is 2. The number of aromatic nitrogens is 1. The van der Waals surface area contributed by atoms with E-state index in [-0.39, 0.29) is 10.9 Å². The Morgan fingerprint density at radius 1 is 1.38 bits per heavy atom. The number of aromatic hydroxyl groups is 1. The molecule has 2 heterocycles. The van der Waals surface area contributed by atoms with Crippen LogP contribution in [0, 0.1) is 5.82 Å². The predicted molar refractivity (Wildman–Crippen MR) is 88.0 cm³/mol. The summed E-state index contributed by atoms with van der Waals surface area (Å²) in [5.74, 6) is -1.43. The third kappa shape index (κ3) is 2.91. The molecule has 2 aromatic rings. The highest BCUT2D eigenvalue weighted by Gasteiger charge is 2.35. The van der Waals surface area contributed by atoms with E-state index in [4.69, 9.17) is 21.7 Å². The highest BCUT2D eigenvalue weighted by Crippen LogP contribution is 2.27. The van der Waals surface area contributed by atoms with Crippen LogP contribution in [0.25, 0.3) is 6.08 Å². The Morgan fingerprint density at radius 2 is 2.17 bits per heavy atom. The molecular weight excluding hydrogens is 335 g/mol. The van der Waals surface area contributed by atoms with Gasteiger partial charge in [-0.25, -0.2) is 14.3 Å². The third-order valence-corrected chi connectivity index (χ3v) is 3.52. The van der Waals surface area contributed by atoms with Crippen molar-refractivity contribution < 1.29 is 23.8 Å². The first-order valence-corrected chi connectivity index (χ1v) is 7.17. The zero-order chi connectivity index (χ0) is 17.3. The van der Waals surface area contributed by atoms with Gasteiger partial charge in [0.15, 0.2) is 17.3 Å². The van der Waals surface area contributed by atoms with E-state index >= 15 is 0 Å². The number of thiocarbonyl (C=S) groups is 1. The normalized spacial score (nSPS) is 15.8. The first-order chi connectivity index (χ1) is 11.5. The van der Waals surface area contributed by atoms with Gasteiger partial charge in [0, 0.05) is 6.07 Å². The van der Waals surface area contributed by atoms with Gasteiger partial charge in [0.05, 0.1) is 19.0 Å². The lowest BCUT2D eigenvalue weighted by Gasteiger charge is -2.11. The number of pyridine rings is 1. The Hall–Kier alpha value is -3.00. The van der Waals surface area contributed by atoms with E-state index < -0.39 is 17.5 Å². The Bertz CT molecular complexity index is 852. The largest absolute Gasteiger partial charge is 0.505 e. The van der Waals surface area contributed by atoms with Crippen molar-refractivity contribution in [1.29, 1.82) is 0 Å². The fourth-order valence-corrected chi connectivity index (χ4v) is 2.36. The number of phenolic OH excluding ortho intramolecular Hbond substituents is 1. The van der Waals surface area contributed by atoms with E-state index in [0.717, 1.165) is 6.07 Å². The van der Waals surface area contributed by atoms with Crippen molar-refractivity contribution in [2.75, 3.05) is 12.0 Å². The first-order valence-electron chi connectivity index (χ1n) is 6.76. The van der Waals surface area contributed by atoms with Crippen LogP contribution in [0.15, 0.2) is 42.3 Å². The van der Waals surface area contributed by atoms with Crippen molar-refractivity contribution in [2.45, 2.75) is 0 Å². The molecule has 0 radical (unpaired) electrons. The maximum absolute atomic E-state index is 13.4. The van der Waals surface area contributed by atoms with Gasteiger partial charge in [-0.2, -0.15) is 0 Å². The number of halogens is 1. The summed E-state index contributed by atoms with van der Waals surface area (Å²) in [6, 6.07) is 6.91. The van der Waals surface area contributed by atoms with E-state index in [1.54, 1.807) is 12.1 Å². The van der Waals surface area contributed by atoms with Gasteiger partial charge in [-0.3, -0.25) is 4.79 Å². The lowest BCUT2D eigenvalue weighted by Crippen LogP contribution is -2.28.